The van der Waals surface area contributed by atoms with Crippen LogP contribution in [0.25, 0.3) is 0 Å². The van der Waals surface area contributed by atoms with Gasteiger partial charge in [0.15, 0.2) is 0 Å². The molecule has 2 atom stereocenters. The van der Waals surface area contributed by atoms with Gasteiger partial charge in [-0.15, -0.1) is 11.6 Å². The number of alkyl halides is 1. The lowest BCUT2D eigenvalue weighted by Gasteiger charge is -2.14. The summed E-state index contributed by atoms with van der Waals surface area (Å²) in [6.07, 6.45) is 1.14. The number of carbonyl (C=O) groups is 1. The number of hydrogen-bond donors (Lipinski definition) is 1. The third kappa shape index (κ3) is 2.32. The Labute approximate surface area is 118 Å². The smallest absolute Gasteiger partial charge is 0.255 e. The number of nitrogens with one attached hydrogen (secondary N) is 1. The predicted molar refractivity (Wildman–Crippen MR) is 74.8 cm³/mol. The minimum Gasteiger partial charge on any atom is -0.491 e. The zero-order valence-electron chi connectivity index (χ0n) is 11.2. The lowest BCUT2D eigenvalue weighted by Crippen LogP contribution is -2.24. The van der Waals surface area contributed by atoms with Gasteiger partial charge in [0, 0.05) is 0 Å². The highest BCUT2D eigenvalue weighted by molar-refractivity contribution is 6.21. The van der Waals surface area contributed by atoms with E-state index in [0.717, 1.165) is 12.0 Å². The fraction of sp³-hybridized carbons (Fsp3) is 0.533. The summed E-state index contributed by atoms with van der Waals surface area (Å²) in [6.45, 7) is 5.51. The van der Waals surface area contributed by atoms with Gasteiger partial charge in [0.1, 0.15) is 12.4 Å². The summed E-state index contributed by atoms with van der Waals surface area (Å²) in [7, 11) is 0. The van der Waals surface area contributed by atoms with Crippen LogP contribution in [0.2, 0.25) is 0 Å². The van der Waals surface area contributed by atoms with Crippen molar-refractivity contribution in [3.8, 4) is 5.75 Å². The molecule has 1 aromatic carbocycles. The van der Waals surface area contributed by atoms with Crippen molar-refractivity contribution in [3.05, 3.63) is 29.3 Å². The van der Waals surface area contributed by atoms with Crippen molar-refractivity contribution in [3.63, 3.8) is 0 Å². The Kier molecular flexibility index (Phi) is 2.97. The molecule has 4 heteroatoms. The third-order valence-corrected chi connectivity index (χ3v) is 4.71. The standard InChI is InChI=1S/C15H18ClNO2/c1-15(2)8-11(15)13(16)9-3-4-12-10(7-9)14(18)17-5-6-19-12/h3-4,7,11,13H,5-6,8H2,1-2H3,(H,17,18). The summed E-state index contributed by atoms with van der Waals surface area (Å²) in [5, 5.41) is 2.79. The molecule has 1 aliphatic carbocycles. The molecule has 0 bridgehead atoms. The van der Waals surface area contributed by atoms with Crippen molar-refractivity contribution in [1.82, 2.24) is 5.32 Å². The Morgan fingerprint density at radius 1 is 1.47 bits per heavy atom. The summed E-state index contributed by atoms with van der Waals surface area (Å²) in [4.78, 5) is 12.0. The maximum absolute atomic E-state index is 12.0. The first-order valence-electron chi connectivity index (χ1n) is 6.68. The van der Waals surface area contributed by atoms with Crippen LogP contribution in [0.15, 0.2) is 18.2 Å². The Hall–Kier alpha value is -1.22. The molecule has 0 radical (unpaired) electrons. The van der Waals surface area contributed by atoms with Gasteiger partial charge < -0.3 is 10.1 Å². The van der Waals surface area contributed by atoms with Gasteiger partial charge in [-0.05, 0) is 35.4 Å². The monoisotopic (exact) mass is 279 g/mol. The molecule has 0 spiro atoms. The van der Waals surface area contributed by atoms with Crippen molar-refractivity contribution >= 4 is 17.5 Å². The molecular formula is C15H18ClNO2. The molecule has 0 saturated heterocycles. The Morgan fingerprint density at radius 2 is 2.21 bits per heavy atom. The second-order valence-electron chi connectivity index (χ2n) is 6.06. The van der Waals surface area contributed by atoms with Crippen LogP contribution in [-0.4, -0.2) is 19.1 Å². The van der Waals surface area contributed by atoms with E-state index >= 15 is 0 Å². The zero-order valence-corrected chi connectivity index (χ0v) is 12.0. The van der Waals surface area contributed by atoms with Crippen molar-refractivity contribution in [1.29, 1.82) is 0 Å². The highest BCUT2D eigenvalue weighted by atomic mass is 35.5. The number of halogens is 1. The van der Waals surface area contributed by atoms with Crippen LogP contribution < -0.4 is 10.1 Å². The number of hydrogen-bond acceptors (Lipinski definition) is 2. The first kappa shape index (κ1) is 12.8. The van der Waals surface area contributed by atoms with Gasteiger partial charge in [0.2, 0.25) is 0 Å². The number of benzene rings is 1. The summed E-state index contributed by atoms with van der Waals surface area (Å²) >= 11 is 6.55. The molecule has 1 heterocycles. The molecular weight excluding hydrogens is 262 g/mol. The molecule has 1 aromatic rings. The van der Waals surface area contributed by atoms with Crippen LogP contribution in [0, 0.1) is 11.3 Å². The van der Waals surface area contributed by atoms with E-state index in [-0.39, 0.29) is 11.3 Å². The maximum atomic E-state index is 12.0. The molecule has 1 amide bonds. The molecule has 1 aliphatic heterocycles. The lowest BCUT2D eigenvalue weighted by atomic mass is 10.00. The second-order valence-corrected chi connectivity index (χ2v) is 6.53. The predicted octanol–water partition coefficient (Wildman–Crippen LogP) is 3.13. The zero-order chi connectivity index (χ0) is 13.6. The average Bonchev–Trinajstić information content (AvgIpc) is 3.06. The fourth-order valence-corrected chi connectivity index (χ4v) is 3.25. The van der Waals surface area contributed by atoms with E-state index in [1.165, 1.54) is 0 Å². The molecule has 3 rings (SSSR count). The number of rotatable bonds is 2. The van der Waals surface area contributed by atoms with Gasteiger partial charge in [0.05, 0.1) is 17.5 Å². The summed E-state index contributed by atoms with van der Waals surface area (Å²) in [5.41, 5.74) is 1.92. The summed E-state index contributed by atoms with van der Waals surface area (Å²) < 4.78 is 5.54. The Morgan fingerprint density at radius 3 is 2.89 bits per heavy atom. The lowest BCUT2D eigenvalue weighted by molar-refractivity contribution is 0.0957. The molecule has 2 aliphatic rings. The molecule has 1 fully saturated rings. The van der Waals surface area contributed by atoms with E-state index in [1.54, 1.807) is 0 Å². The van der Waals surface area contributed by atoms with Crippen LogP contribution in [0.4, 0.5) is 0 Å². The number of amides is 1. The summed E-state index contributed by atoms with van der Waals surface area (Å²) in [6, 6.07) is 5.71. The third-order valence-electron chi connectivity index (χ3n) is 4.15. The van der Waals surface area contributed by atoms with Crippen molar-refractivity contribution in [2.45, 2.75) is 25.6 Å². The number of fused-ring (bicyclic) bond motifs is 1. The highest BCUT2D eigenvalue weighted by Gasteiger charge is 2.50. The van der Waals surface area contributed by atoms with Gasteiger partial charge in [-0.25, -0.2) is 0 Å². The number of carbonyl (C=O) groups excluding carboxylic acids is 1. The van der Waals surface area contributed by atoms with E-state index < -0.39 is 0 Å². The largest absolute Gasteiger partial charge is 0.491 e. The SMILES string of the molecule is CC1(C)CC1C(Cl)c1ccc2c(c1)C(=O)NCCO2. The van der Waals surface area contributed by atoms with Crippen LogP contribution >= 0.6 is 11.6 Å². The fourth-order valence-electron chi connectivity index (χ4n) is 2.68. The van der Waals surface area contributed by atoms with Crippen LogP contribution in [-0.2, 0) is 0 Å². The quantitative estimate of drug-likeness (QED) is 0.845. The van der Waals surface area contributed by atoms with Gasteiger partial charge in [-0.1, -0.05) is 19.9 Å². The van der Waals surface area contributed by atoms with Gasteiger partial charge in [0.25, 0.3) is 5.91 Å². The van der Waals surface area contributed by atoms with Gasteiger partial charge >= 0.3 is 0 Å². The molecule has 102 valence electrons. The number of ether oxygens (including phenoxy) is 1. The first-order valence-corrected chi connectivity index (χ1v) is 7.12. The summed E-state index contributed by atoms with van der Waals surface area (Å²) in [5.74, 6) is 1.06. The molecule has 19 heavy (non-hydrogen) atoms. The molecule has 3 nitrogen and oxygen atoms in total. The minimum atomic E-state index is -0.0757. The molecule has 2 unspecified atom stereocenters. The molecule has 1 saturated carbocycles. The van der Waals surface area contributed by atoms with Crippen molar-refractivity contribution < 1.29 is 9.53 Å². The second kappa shape index (κ2) is 4.41. The van der Waals surface area contributed by atoms with E-state index in [4.69, 9.17) is 16.3 Å². The Balaban J connectivity index is 1.90. The van der Waals surface area contributed by atoms with Gasteiger partial charge in [-0.3, -0.25) is 4.79 Å². The van der Waals surface area contributed by atoms with Crippen molar-refractivity contribution in [2.75, 3.05) is 13.2 Å². The van der Waals surface area contributed by atoms with Crippen LogP contribution in [0.1, 0.15) is 41.6 Å². The topological polar surface area (TPSA) is 38.3 Å². The van der Waals surface area contributed by atoms with Gasteiger partial charge in [-0.2, -0.15) is 0 Å². The van der Waals surface area contributed by atoms with E-state index in [2.05, 4.69) is 19.2 Å². The Bertz CT molecular complexity index is 527. The van der Waals surface area contributed by atoms with E-state index in [1.807, 2.05) is 18.2 Å². The maximum Gasteiger partial charge on any atom is 0.255 e. The normalized spacial score (nSPS) is 25.6. The van der Waals surface area contributed by atoms with E-state index in [9.17, 15) is 4.79 Å². The van der Waals surface area contributed by atoms with Crippen LogP contribution in [0.5, 0.6) is 5.75 Å². The van der Waals surface area contributed by atoms with Crippen molar-refractivity contribution in [2.24, 2.45) is 11.3 Å². The minimum absolute atomic E-state index is 0.0312. The highest BCUT2D eigenvalue weighted by Crippen LogP contribution is 2.60. The average molecular weight is 280 g/mol. The molecule has 1 N–H and O–H groups in total. The van der Waals surface area contributed by atoms with Crippen LogP contribution in [0.3, 0.4) is 0 Å². The van der Waals surface area contributed by atoms with E-state index in [0.29, 0.717) is 35.8 Å². The molecule has 0 aromatic heterocycles. The first-order chi connectivity index (χ1) is 8.99.